The van der Waals surface area contributed by atoms with Crippen LogP contribution in [0.1, 0.15) is 12.0 Å². The normalized spacial score (nSPS) is 15.2. The minimum absolute atomic E-state index is 0.0681. The highest BCUT2D eigenvalue weighted by atomic mass is 16.2. The van der Waals surface area contributed by atoms with E-state index in [2.05, 4.69) is 25.3 Å². The molecular formula is C20H23N7O. The van der Waals surface area contributed by atoms with Crippen LogP contribution in [0.4, 0.5) is 10.5 Å². The first-order valence-electron chi connectivity index (χ1n) is 9.40. The maximum absolute atomic E-state index is 12.7. The van der Waals surface area contributed by atoms with Crippen LogP contribution in [-0.2, 0) is 6.54 Å². The lowest BCUT2D eigenvalue weighted by Gasteiger charge is -2.22. The van der Waals surface area contributed by atoms with E-state index in [1.165, 1.54) is 11.9 Å². The summed E-state index contributed by atoms with van der Waals surface area (Å²) in [6.45, 7) is 4.18. The van der Waals surface area contributed by atoms with Crippen molar-refractivity contribution in [1.82, 2.24) is 29.5 Å². The molecule has 0 unspecified atom stereocenters. The zero-order valence-electron chi connectivity index (χ0n) is 15.6. The lowest BCUT2D eigenvalue weighted by atomic mass is 10.2. The summed E-state index contributed by atoms with van der Waals surface area (Å²) in [7, 11) is 0. The van der Waals surface area contributed by atoms with Gasteiger partial charge in [-0.3, -0.25) is 9.88 Å². The molecule has 8 heteroatoms. The summed E-state index contributed by atoms with van der Waals surface area (Å²) in [4.78, 5) is 25.0. The molecular weight excluding hydrogens is 354 g/mol. The van der Waals surface area contributed by atoms with Gasteiger partial charge in [0.2, 0.25) is 0 Å². The van der Waals surface area contributed by atoms with Crippen molar-refractivity contribution in [2.45, 2.75) is 13.0 Å². The third-order valence-corrected chi connectivity index (χ3v) is 4.81. The van der Waals surface area contributed by atoms with Crippen molar-refractivity contribution in [3.05, 3.63) is 67.0 Å². The van der Waals surface area contributed by atoms with Crippen LogP contribution in [0.25, 0.3) is 5.69 Å². The van der Waals surface area contributed by atoms with E-state index in [9.17, 15) is 4.79 Å². The number of aromatic nitrogens is 4. The van der Waals surface area contributed by atoms with Crippen molar-refractivity contribution in [2.75, 3.05) is 31.5 Å². The fourth-order valence-electron chi connectivity index (χ4n) is 3.35. The number of pyridine rings is 1. The summed E-state index contributed by atoms with van der Waals surface area (Å²) in [6, 6.07) is 11.6. The quantitative estimate of drug-likeness (QED) is 0.755. The van der Waals surface area contributed by atoms with Crippen molar-refractivity contribution in [3.8, 4) is 5.69 Å². The Morgan fingerprint density at radius 3 is 2.75 bits per heavy atom. The molecule has 2 aromatic heterocycles. The Hall–Kier alpha value is -3.26. The predicted molar refractivity (Wildman–Crippen MR) is 106 cm³/mol. The number of rotatable bonds is 4. The molecule has 1 N–H and O–H groups in total. The molecule has 0 bridgehead atoms. The molecule has 0 saturated carbocycles. The summed E-state index contributed by atoms with van der Waals surface area (Å²) in [5.74, 6) is 0. The van der Waals surface area contributed by atoms with Crippen molar-refractivity contribution in [3.63, 3.8) is 0 Å². The molecule has 1 aromatic carbocycles. The smallest absolute Gasteiger partial charge is 0.321 e. The number of anilines is 1. The average Bonchev–Trinajstić information content (AvgIpc) is 3.16. The van der Waals surface area contributed by atoms with E-state index in [1.807, 2.05) is 53.7 Å². The Labute approximate surface area is 163 Å². The second-order valence-electron chi connectivity index (χ2n) is 6.79. The van der Waals surface area contributed by atoms with Crippen LogP contribution in [-0.4, -0.2) is 61.8 Å². The maximum atomic E-state index is 12.7. The SMILES string of the molecule is O=C(Nc1cccc(-n2cncn2)c1)N1CCCN(Cc2ccncc2)CC1. The summed E-state index contributed by atoms with van der Waals surface area (Å²) in [6.07, 6.45) is 7.71. The van der Waals surface area contributed by atoms with Gasteiger partial charge in [-0.1, -0.05) is 6.07 Å². The molecule has 1 saturated heterocycles. The third kappa shape index (κ3) is 4.52. The largest absolute Gasteiger partial charge is 0.323 e. The topological polar surface area (TPSA) is 79.2 Å². The Bertz CT molecular complexity index is 898. The van der Waals surface area contributed by atoms with Crippen LogP contribution in [0.3, 0.4) is 0 Å². The van der Waals surface area contributed by atoms with Crippen LogP contribution >= 0.6 is 0 Å². The van der Waals surface area contributed by atoms with Crippen LogP contribution in [0.2, 0.25) is 0 Å². The molecule has 28 heavy (non-hydrogen) atoms. The summed E-state index contributed by atoms with van der Waals surface area (Å²) >= 11 is 0. The number of amides is 2. The van der Waals surface area contributed by atoms with E-state index < -0.39 is 0 Å². The zero-order valence-corrected chi connectivity index (χ0v) is 15.6. The standard InChI is InChI=1S/C20H23N7O/c28-20(24-18-3-1-4-19(13-18)27-16-22-15-23-27)26-10-2-9-25(11-12-26)14-17-5-7-21-8-6-17/h1,3-8,13,15-16H,2,9-12,14H2,(H,24,28). The molecule has 0 radical (unpaired) electrons. The molecule has 1 fully saturated rings. The Kier molecular flexibility index (Phi) is 5.58. The highest BCUT2D eigenvalue weighted by Crippen LogP contribution is 2.15. The maximum Gasteiger partial charge on any atom is 0.321 e. The van der Waals surface area contributed by atoms with E-state index in [1.54, 1.807) is 11.0 Å². The second kappa shape index (κ2) is 8.62. The highest BCUT2D eigenvalue weighted by Gasteiger charge is 2.19. The number of hydrogen-bond donors (Lipinski definition) is 1. The van der Waals surface area contributed by atoms with E-state index in [4.69, 9.17) is 0 Å². The lowest BCUT2D eigenvalue weighted by Crippen LogP contribution is -2.38. The molecule has 3 aromatic rings. The van der Waals surface area contributed by atoms with Gasteiger partial charge in [0.05, 0.1) is 5.69 Å². The van der Waals surface area contributed by atoms with Gasteiger partial charge in [-0.25, -0.2) is 14.5 Å². The number of benzene rings is 1. The molecule has 0 atom stereocenters. The fraction of sp³-hybridized carbons (Fsp3) is 0.300. The molecule has 2 amide bonds. The van der Waals surface area contributed by atoms with E-state index in [0.717, 1.165) is 44.0 Å². The van der Waals surface area contributed by atoms with Gasteiger partial charge in [0.1, 0.15) is 12.7 Å². The third-order valence-electron chi connectivity index (χ3n) is 4.81. The number of hydrogen-bond acceptors (Lipinski definition) is 5. The molecule has 0 spiro atoms. The van der Waals surface area contributed by atoms with Gasteiger partial charge in [0, 0.05) is 50.8 Å². The first-order valence-corrected chi connectivity index (χ1v) is 9.40. The van der Waals surface area contributed by atoms with Gasteiger partial charge in [-0.05, 0) is 42.3 Å². The molecule has 4 rings (SSSR count). The summed E-state index contributed by atoms with van der Waals surface area (Å²) in [5, 5.41) is 7.13. The van der Waals surface area contributed by atoms with E-state index >= 15 is 0 Å². The minimum Gasteiger partial charge on any atom is -0.323 e. The zero-order chi connectivity index (χ0) is 19.2. The fourth-order valence-corrected chi connectivity index (χ4v) is 3.35. The summed E-state index contributed by atoms with van der Waals surface area (Å²) in [5.41, 5.74) is 2.85. The van der Waals surface area contributed by atoms with Gasteiger partial charge in [-0.2, -0.15) is 5.10 Å². The number of nitrogens with one attached hydrogen (secondary N) is 1. The van der Waals surface area contributed by atoms with Crippen LogP contribution in [0.5, 0.6) is 0 Å². The average molecular weight is 377 g/mol. The van der Waals surface area contributed by atoms with Crippen LogP contribution < -0.4 is 5.32 Å². The monoisotopic (exact) mass is 377 g/mol. The molecule has 1 aliphatic rings. The van der Waals surface area contributed by atoms with E-state index in [-0.39, 0.29) is 6.03 Å². The second-order valence-corrected chi connectivity index (χ2v) is 6.79. The number of nitrogens with zero attached hydrogens (tertiary/aromatic N) is 6. The first-order chi connectivity index (χ1) is 13.8. The van der Waals surface area contributed by atoms with Gasteiger partial charge in [0.25, 0.3) is 0 Å². The highest BCUT2D eigenvalue weighted by molar-refractivity contribution is 5.89. The van der Waals surface area contributed by atoms with Crippen LogP contribution in [0.15, 0.2) is 61.4 Å². The van der Waals surface area contributed by atoms with Crippen LogP contribution in [0, 0.1) is 0 Å². The lowest BCUT2D eigenvalue weighted by molar-refractivity contribution is 0.211. The first kappa shape index (κ1) is 18.1. The molecule has 3 heterocycles. The molecule has 1 aliphatic heterocycles. The minimum atomic E-state index is -0.0681. The summed E-state index contributed by atoms with van der Waals surface area (Å²) < 4.78 is 1.67. The van der Waals surface area contributed by atoms with Crippen molar-refractivity contribution < 1.29 is 4.79 Å². The van der Waals surface area contributed by atoms with Gasteiger partial charge in [0.15, 0.2) is 0 Å². The molecule has 0 aliphatic carbocycles. The Morgan fingerprint density at radius 1 is 1.04 bits per heavy atom. The van der Waals surface area contributed by atoms with Gasteiger partial charge < -0.3 is 10.2 Å². The number of urea groups is 1. The van der Waals surface area contributed by atoms with E-state index in [0.29, 0.717) is 6.54 Å². The van der Waals surface area contributed by atoms with Crippen molar-refractivity contribution in [2.24, 2.45) is 0 Å². The predicted octanol–water partition coefficient (Wildman–Crippen LogP) is 2.40. The Balaban J connectivity index is 1.34. The van der Waals surface area contributed by atoms with Gasteiger partial charge in [-0.15, -0.1) is 0 Å². The molecule has 8 nitrogen and oxygen atoms in total. The number of carbonyl (C=O) groups excluding carboxylic acids is 1. The van der Waals surface area contributed by atoms with Gasteiger partial charge >= 0.3 is 6.03 Å². The van der Waals surface area contributed by atoms with Crippen molar-refractivity contribution in [1.29, 1.82) is 0 Å². The molecule has 144 valence electrons. The Morgan fingerprint density at radius 2 is 1.93 bits per heavy atom. The number of carbonyl (C=O) groups is 1. The van der Waals surface area contributed by atoms with Crippen molar-refractivity contribution >= 4 is 11.7 Å².